The molecule has 5 N–H and O–H groups in total. The lowest BCUT2D eigenvalue weighted by molar-refractivity contribution is -0.131. The average molecular weight is 2110 g/mol. The largest absolute Gasteiger partial charge is 0.508 e. The molecule has 145 heavy (non-hydrogen) atoms. The van der Waals surface area contributed by atoms with Crippen molar-refractivity contribution in [1.82, 2.24) is 0 Å². The van der Waals surface area contributed by atoms with Gasteiger partial charge >= 0.3 is 5.97 Å². The molecule has 0 aromatic heterocycles. The van der Waals surface area contributed by atoms with E-state index >= 15 is 0 Å². The topological polar surface area (TPSA) is 164 Å². The molecule has 0 saturated carbocycles. The van der Waals surface area contributed by atoms with Crippen LogP contribution in [0.25, 0.3) is 0 Å². The Morgan fingerprint density at radius 3 is 0.690 bits per heavy atom. The minimum absolute atomic E-state index is 0. The third-order valence-electron chi connectivity index (χ3n) is 22.9. The molecule has 10 atom stereocenters. The van der Waals surface area contributed by atoms with Gasteiger partial charge in [0.05, 0.1) is 21.3 Å². The van der Waals surface area contributed by atoms with Crippen LogP contribution < -0.4 is 23.7 Å². The number of hydrogen-bond acceptors (Lipinski definition) is 11. The van der Waals surface area contributed by atoms with E-state index in [1.807, 2.05) is 158 Å². The number of ether oxygens (including phenoxy) is 5. The van der Waals surface area contributed by atoms with E-state index in [1.165, 1.54) is 87.4 Å². The highest BCUT2D eigenvalue weighted by Crippen LogP contribution is 2.41. The summed E-state index contributed by atoms with van der Waals surface area (Å²) in [4.78, 5) is 10.7. The Kier molecular flexibility index (Phi) is 129. The molecule has 840 valence electrons. The highest BCUT2D eigenvalue weighted by atomic mass is 79.9. The second-order valence-electron chi connectivity index (χ2n) is 32.1. The fourth-order valence-corrected chi connectivity index (χ4v) is 12.5. The van der Waals surface area contributed by atoms with Gasteiger partial charge < -0.3 is 49.2 Å². The molecule has 11 rings (SSSR count). The molecule has 11 nitrogen and oxygen atoms in total. The predicted octanol–water partition coefficient (Wildman–Crippen LogP) is 46.2. The standard InChI is InChI=1S/C17H20O.C13H20O3.C12H16O2.C10H13Br.C10H13Cl.5C10H14O.20CH4/c1-3-14(2)16-9-11-17(12-10-16)18-13-15-7-5-4-6-8-15;1-6-9(2)10-7-11(14-3)13(16-5)12(8-10)15-4;1-4-9(2)11-5-7-12(8-6-11)14-10(3)13;2*1-3-8(2)9-4-6-10(11)7-5-9;5*1-3-8(2)9-5-4-6-10(11)7-9;;;;;;;;;;;;;;;;;;;;/h4-12,14H,3,13H2,1-2H3;7-9H,6H2,1-5H3;5-9H,4H2,1-3H3;2*4-8H,3H2,1-2H3;5*4-8,11H,3H2,1-2H3;20*1H4. The lowest BCUT2D eigenvalue weighted by atomic mass is 9.98. The van der Waals surface area contributed by atoms with Crippen molar-refractivity contribution in [2.24, 2.45) is 0 Å². The van der Waals surface area contributed by atoms with Gasteiger partial charge in [0.2, 0.25) is 5.75 Å². The quantitative estimate of drug-likeness (QED) is 0.0246. The van der Waals surface area contributed by atoms with Gasteiger partial charge in [-0.3, -0.25) is 4.79 Å². The van der Waals surface area contributed by atoms with E-state index < -0.39 is 0 Å². The molecule has 0 radical (unpaired) electrons. The lowest BCUT2D eigenvalue weighted by Gasteiger charge is -2.16. The maximum Gasteiger partial charge on any atom is 0.308 e. The van der Waals surface area contributed by atoms with Gasteiger partial charge in [0, 0.05) is 16.4 Å². The van der Waals surface area contributed by atoms with E-state index in [1.54, 1.807) is 51.7 Å². The Morgan fingerprint density at radius 2 is 0.476 bits per heavy atom. The van der Waals surface area contributed by atoms with Gasteiger partial charge in [-0.05, 0) is 306 Å². The third-order valence-corrected chi connectivity index (χ3v) is 23.6. The van der Waals surface area contributed by atoms with Crippen LogP contribution in [0.1, 0.15) is 479 Å². The van der Waals surface area contributed by atoms with E-state index in [9.17, 15) is 4.79 Å². The fraction of sp³-hybridized carbons (Fsp3) is 0.492. The zero-order valence-corrected chi connectivity index (χ0v) is 82.2. The van der Waals surface area contributed by atoms with E-state index in [4.69, 9.17) is 60.8 Å². The normalized spacial score (nSPS) is 10.9. The molecule has 13 heteroatoms. The summed E-state index contributed by atoms with van der Waals surface area (Å²) < 4.78 is 27.8. The number of benzene rings is 11. The van der Waals surface area contributed by atoms with E-state index in [0.29, 0.717) is 106 Å². The number of aromatic hydroxyl groups is 5. The second-order valence-corrected chi connectivity index (χ2v) is 33.5. The van der Waals surface area contributed by atoms with Crippen molar-refractivity contribution in [1.29, 1.82) is 0 Å². The van der Waals surface area contributed by atoms with Gasteiger partial charge in [0.15, 0.2) is 11.5 Å². The van der Waals surface area contributed by atoms with E-state index in [2.05, 4.69) is 227 Å². The molecule has 0 bridgehead atoms. The molecular weight excluding hydrogens is 1880 g/mol. The molecule has 11 aromatic rings. The number of phenols is 5. The Labute approximate surface area is 915 Å². The van der Waals surface area contributed by atoms with Crippen molar-refractivity contribution in [2.45, 2.75) is 424 Å². The van der Waals surface area contributed by atoms with Crippen molar-refractivity contribution in [3.63, 3.8) is 0 Å². The molecule has 0 aliphatic carbocycles. The van der Waals surface area contributed by atoms with Gasteiger partial charge in [-0.15, -0.1) is 0 Å². The molecule has 0 fully saturated rings. The summed E-state index contributed by atoms with van der Waals surface area (Å²) in [6, 6.07) is 84.3. The number of esters is 1. The molecule has 10 unspecified atom stereocenters. The van der Waals surface area contributed by atoms with Crippen LogP contribution in [-0.4, -0.2) is 52.8 Å². The van der Waals surface area contributed by atoms with Crippen molar-refractivity contribution in [2.75, 3.05) is 21.3 Å². The Hall–Kier alpha value is -10.1. The first-order chi connectivity index (χ1) is 59.7. The monoisotopic (exact) mass is 2110 g/mol. The minimum Gasteiger partial charge on any atom is -0.508 e. The Balaban J connectivity index is -0.0000000708. The van der Waals surface area contributed by atoms with Crippen LogP contribution in [0.2, 0.25) is 5.02 Å². The molecule has 0 aliphatic heterocycles. The number of hydrogen-bond donors (Lipinski definition) is 5. The van der Waals surface area contributed by atoms with Crippen LogP contribution in [0.4, 0.5) is 0 Å². The van der Waals surface area contributed by atoms with Crippen LogP contribution in [0.3, 0.4) is 0 Å². The molecule has 0 amide bonds. The number of halogens is 2. The van der Waals surface area contributed by atoms with Gasteiger partial charge in [0.1, 0.15) is 46.9 Å². The highest BCUT2D eigenvalue weighted by Gasteiger charge is 2.17. The Morgan fingerprint density at radius 1 is 0.262 bits per heavy atom. The second kappa shape index (κ2) is 104. The van der Waals surface area contributed by atoms with Crippen molar-refractivity contribution < 1.29 is 54.0 Å². The van der Waals surface area contributed by atoms with Crippen LogP contribution in [-0.2, 0) is 11.4 Å². The summed E-state index contributed by atoms with van der Waals surface area (Å²) in [5.74, 6) is 10.9. The minimum atomic E-state index is -0.277. The van der Waals surface area contributed by atoms with Crippen LogP contribution in [0.5, 0.6) is 57.5 Å². The first-order valence-electron chi connectivity index (χ1n) is 45.1. The summed E-state index contributed by atoms with van der Waals surface area (Å²) in [5, 5.41) is 46.6. The predicted molar refractivity (Wildman–Crippen MR) is 669 cm³/mol. The zero-order chi connectivity index (χ0) is 93.3. The first-order valence-corrected chi connectivity index (χ1v) is 46.2. The van der Waals surface area contributed by atoms with Crippen molar-refractivity contribution in [3.05, 3.63) is 332 Å². The summed E-state index contributed by atoms with van der Waals surface area (Å²) >= 11 is 9.18. The fourth-order valence-electron chi connectivity index (χ4n) is 12.1. The van der Waals surface area contributed by atoms with Crippen LogP contribution in [0, 0.1) is 0 Å². The van der Waals surface area contributed by atoms with Gasteiger partial charge in [-0.2, -0.15) is 0 Å². The first kappa shape index (κ1) is 180. The number of phenolic OH excluding ortho intramolecular Hbond substituents is 5. The van der Waals surface area contributed by atoms with Gasteiger partial charge in [0.25, 0.3) is 0 Å². The molecule has 11 aromatic carbocycles. The molecule has 0 aliphatic rings. The third kappa shape index (κ3) is 72.8. The molecular formula is C132H232BrClO11. The van der Waals surface area contributed by atoms with Gasteiger partial charge in [-0.25, -0.2) is 0 Å². The summed E-state index contributed by atoms with van der Waals surface area (Å²) in [6.45, 7) is 45.6. The SMILES string of the molecule is C.C.C.C.C.C.C.C.C.C.C.C.C.C.C.C.C.C.C.C.CCC(C)c1cc(OC)c(OC)c(OC)c1.CCC(C)c1ccc(Br)cc1.CCC(C)c1ccc(Cl)cc1.CCC(C)c1ccc(OC(C)=O)cc1.CCC(C)c1ccc(OCc2ccccc2)cc1.CCC(C)c1cccc(O)c1.CCC(C)c1cccc(O)c1.CCC(C)c1cccc(O)c1.CCC(C)c1cccc(O)c1.CCC(C)c1cccc(O)c1. The van der Waals surface area contributed by atoms with E-state index in [-0.39, 0.29) is 155 Å². The van der Waals surface area contributed by atoms with Crippen molar-refractivity contribution >= 4 is 33.5 Å². The zero-order valence-electron chi connectivity index (χ0n) is 79.8. The number of methoxy groups -OCH3 is 3. The number of rotatable bonds is 27. The van der Waals surface area contributed by atoms with Gasteiger partial charge in [-0.1, -0.05) is 454 Å². The molecule has 0 saturated heterocycles. The summed E-state index contributed by atoms with van der Waals surface area (Å²) in [5.41, 5.74) is 13.9. The van der Waals surface area contributed by atoms with Crippen LogP contribution in [0.15, 0.2) is 265 Å². The maximum atomic E-state index is 10.7. The highest BCUT2D eigenvalue weighted by molar-refractivity contribution is 9.10. The molecule has 0 spiro atoms. The number of carbonyl (C=O) groups excluding carboxylic acids is 1. The van der Waals surface area contributed by atoms with E-state index in [0.717, 1.165) is 71.7 Å². The lowest BCUT2D eigenvalue weighted by Crippen LogP contribution is -2.01. The maximum absolute atomic E-state index is 10.7. The summed E-state index contributed by atoms with van der Waals surface area (Å²) in [7, 11) is 4.89. The average Bonchev–Trinajstić information content (AvgIpc) is 0.819. The van der Waals surface area contributed by atoms with Crippen molar-refractivity contribution in [3.8, 4) is 57.5 Å². The Bertz CT molecular complexity index is 4260. The molecule has 0 heterocycles. The van der Waals surface area contributed by atoms with Crippen LogP contribution >= 0.6 is 27.5 Å². The smallest absolute Gasteiger partial charge is 0.308 e. The number of carbonyl (C=O) groups is 1. The summed E-state index contributed by atoms with van der Waals surface area (Å²) in [6.07, 6.45) is 11.3.